The molecule has 1 nitrogen and oxygen atoms in total. The number of hydrogen-bond acceptors (Lipinski definition) is 1. The first-order valence-electron chi connectivity index (χ1n) is 11.4. The molecule has 0 spiro atoms. The van der Waals surface area contributed by atoms with Crippen molar-refractivity contribution in [3.8, 4) is 0 Å². The van der Waals surface area contributed by atoms with E-state index in [1.54, 1.807) is 0 Å². The van der Waals surface area contributed by atoms with Gasteiger partial charge in [0.15, 0.2) is 0 Å². The van der Waals surface area contributed by atoms with Crippen LogP contribution in [0.25, 0.3) is 0 Å². The van der Waals surface area contributed by atoms with E-state index >= 15 is 0 Å². The van der Waals surface area contributed by atoms with Crippen molar-refractivity contribution in [3.63, 3.8) is 0 Å². The molecule has 0 saturated carbocycles. The van der Waals surface area contributed by atoms with Crippen LogP contribution in [0, 0.1) is 5.92 Å². The van der Waals surface area contributed by atoms with Gasteiger partial charge in [-0.25, -0.2) is 14.4 Å². The topological polar surface area (TPSA) is 20.2 Å². The minimum absolute atomic E-state index is 0.0567. The molecule has 2 heterocycles. The highest BCUT2D eigenvalue weighted by molar-refractivity contribution is 8.42. The van der Waals surface area contributed by atoms with Crippen molar-refractivity contribution in [2.75, 3.05) is 17.3 Å². The predicted molar refractivity (Wildman–Crippen MR) is 133 cm³/mol. The molecule has 3 rings (SSSR count). The maximum Gasteiger partial charge on any atom is 0.0830 e. The zero-order valence-corrected chi connectivity index (χ0v) is 20.6. The molecule has 1 aromatic carbocycles. The molecule has 168 valence electrons. The van der Waals surface area contributed by atoms with Crippen LogP contribution in [0.2, 0.25) is 0 Å². The van der Waals surface area contributed by atoms with Crippen molar-refractivity contribution in [3.05, 3.63) is 60.5 Å². The molecule has 0 bridgehead atoms. The van der Waals surface area contributed by atoms with Gasteiger partial charge in [-0.3, -0.25) is 0 Å². The Hall–Kier alpha value is -1.06. The molecule has 0 amide bonds. The van der Waals surface area contributed by atoms with Gasteiger partial charge in [-0.15, -0.1) is 0 Å². The van der Waals surface area contributed by atoms with Crippen molar-refractivity contribution in [1.82, 2.24) is 0 Å². The molecule has 2 aliphatic rings. The summed E-state index contributed by atoms with van der Waals surface area (Å²) in [6.45, 7) is 13.9. The maximum atomic E-state index is 12.3. The lowest BCUT2D eigenvalue weighted by molar-refractivity contribution is 0.106. The summed E-state index contributed by atoms with van der Waals surface area (Å²) in [4.78, 5) is 0. The Morgan fingerprint density at radius 2 is 1.69 bits per heavy atom. The number of aliphatic hydroxyl groups excluding tert-OH is 1. The van der Waals surface area contributed by atoms with Gasteiger partial charge >= 0.3 is 0 Å². The monoisotopic (exact) mass is 424 g/mol. The molecule has 2 aliphatic heterocycles. The zero-order chi connectivity index (χ0) is 22.3. The minimum atomic E-state index is -0.573. The molecular formula is C26H45FOS. The second kappa shape index (κ2) is 14.8. The Bertz CT molecular complexity index is 582. The third-order valence-electron chi connectivity index (χ3n) is 5.80. The summed E-state index contributed by atoms with van der Waals surface area (Å²) in [6, 6.07) is 10.6. The van der Waals surface area contributed by atoms with Gasteiger partial charge < -0.3 is 5.11 Å². The number of hydrogen-bond donors (Lipinski definition) is 1. The van der Waals surface area contributed by atoms with E-state index in [0.29, 0.717) is 6.33 Å². The van der Waals surface area contributed by atoms with Gasteiger partial charge in [0.1, 0.15) is 0 Å². The van der Waals surface area contributed by atoms with Crippen LogP contribution in [0.3, 0.4) is 0 Å². The fourth-order valence-corrected chi connectivity index (χ4v) is 9.32. The van der Waals surface area contributed by atoms with Crippen LogP contribution in [-0.4, -0.2) is 33.2 Å². The van der Waals surface area contributed by atoms with Crippen LogP contribution in [0.5, 0.6) is 0 Å². The average molecular weight is 425 g/mol. The van der Waals surface area contributed by atoms with Crippen LogP contribution in [-0.2, 0) is 6.42 Å². The molecule has 2 fully saturated rings. The number of rotatable bonds is 7. The van der Waals surface area contributed by atoms with Crippen molar-refractivity contribution < 1.29 is 9.50 Å². The molecule has 29 heavy (non-hydrogen) atoms. The van der Waals surface area contributed by atoms with Gasteiger partial charge in [-0.2, -0.15) is 0 Å². The van der Waals surface area contributed by atoms with Gasteiger partial charge in [0.05, 0.1) is 12.4 Å². The fourth-order valence-electron chi connectivity index (χ4n) is 4.00. The lowest BCUT2D eigenvalue weighted by Gasteiger charge is -2.44. The van der Waals surface area contributed by atoms with Crippen LogP contribution in [0.4, 0.5) is 4.39 Å². The fraction of sp³-hybridized carbons (Fsp3) is 0.615. The van der Waals surface area contributed by atoms with E-state index in [1.807, 2.05) is 60.6 Å². The molecule has 0 radical (unpaired) electrons. The number of benzene rings is 1. The smallest absolute Gasteiger partial charge is 0.0830 e. The summed E-state index contributed by atoms with van der Waals surface area (Å²) in [5.74, 6) is 3.77. The summed E-state index contributed by atoms with van der Waals surface area (Å²) < 4.78 is 12.5. The highest BCUT2D eigenvalue weighted by Gasteiger charge is 2.72. The third kappa shape index (κ3) is 7.29. The first-order chi connectivity index (χ1) is 14.0. The summed E-state index contributed by atoms with van der Waals surface area (Å²) in [5.41, 5.74) is 1.41. The molecule has 4 unspecified atom stereocenters. The largest absolute Gasteiger partial charge is 0.391 e. The summed E-state index contributed by atoms with van der Waals surface area (Å²) in [5, 5.41) is 10.6. The van der Waals surface area contributed by atoms with E-state index < -0.39 is 10.0 Å². The lowest BCUT2D eigenvalue weighted by Crippen LogP contribution is -2.42. The second-order valence-corrected chi connectivity index (χ2v) is 11.3. The minimum Gasteiger partial charge on any atom is -0.391 e. The summed E-state index contributed by atoms with van der Waals surface area (Å²) >= 11 is 0. The SMILES string of the molecule is C/C=C\C.CC.CC.CC(/C=C/F)C(O)C12CCS1(CCCc1ccccc1)C2. The van der Waals surface area contributed by atoms with Crippen LogP contribution in [0.1, 0.15) is 66.9 Å². The number of halogens is 1. The number of aryl methyl sites for hydroxylation is 1. The van der Waals surface area contributed by atoms with E-state index in [4.69, 9.17) is 0 Å². The number of fused-ring (bicyclic) bond motifs is 1. The Kier molecular flexibility index (Phi) is 14.3. The number of allylic oxidation sites excluding steroid dienone is 2. The Balaban J connectivity index is 0.000000859. The molecule has 1 aromatic rings. The third-order valence-corrected chi connectivity index (χ3v) is 10.9. The molecule has 0 aromatic heterocycles. The average Bonchev–Trinajstić information content (AvgIpc) is 3.26. The first kappa shape index (κ1) is 27.9. The standard InChI is InChI=1S/C18H25FOS.C4H8.2C2H6/c1-15(9-11-19)17(20)18-10-13-21(18,14-18)12-5-8-16-6-3-2-4-7-16;1-3-4-2;2*1-2/h2-4,6-7,9,11,15,17,20H,5,8,10,12-14H2,1H3;3-4H,1-2H3;2*1-2H3/b11-9+;4-3-;;. The highest BCUT2D eigenvalue weighted by Crippen LogP contribution is 2.87. The Labute approximate surface area is 181 Å². The van der Waals surface area contributed by atoms with Crippen molar-refractivity contribution in [2.24, 2.45) is 5.92 Å². The molecule has 0 aliphatic carbocycles. The first-order valence-corrected chi connectivity index (χ1v) is 13.5. The van der Waals surface area contributed by atoms with Gasteiger partial charge in [-0.05, 0) is 55.9 Å². The molecule has 2 saturated heterocycles. The highest BCUT2D eigenvalue weighted by atomic mass is 32.3. The van der Waals surface area contributed by atoms with Crippen molar-refractivity contribution >= 4 is 10.0 Å². The molecule has 3 heteroatoms. The van der Waals surface area contributed by atoms with Crippen molar-refractivity contribution in [2.45, 2.75) is 78.6 Å². The molecular weight excluding hydrogens is 379 g/mol. The Morgan fingerprint density at radius 3 is 2.14 bits per heavy atom. The summed E-state index contributed by atoms with van der Waals surface area (Å²) in [7, 11) is -0.573. The summed E-state index contributed by atoms with van der Waals surface area (Å²) in [6.07, 6.45) is 9.26. The van der Waals surface area contributed by atoms with Gasteiger partial charge in [0.2, 0.25) is 0 Å². The van der Waals surface area contributed by atoms with E-state index in [0.717, 1.165) is 12.8 Å². The van der Waals surface area contributed by atoms with Gasteiger partial charge in [-0.1, -0.05) is 83.2 Å². The van der Waals surface area contributed by atoms with E-state index in [-0.39, 0.29) is 16.8 Å². The van der Waals surface area contributed by atoms with Gasteiger partial charge in [0, 0.05) is 10.7 Å². The molecule has 1 N–H and O–H groups in total. The lowest BCUT2D eigenvalue weighted by atomic mass is 9.91. The van der Waals surface area contributed by atoms with Gasteiger partial charge in [0.25, 0.3) is 0 Å². The van der Waals surface area contributed by atoms with E-state index in [1.165, 1.54) is 35.3 Å². The van der Waals surface area contributed by atoms with Crippen LogP contribution < -0.4 is 0 Å². The van der Waals surface area contributed by atoms with E-state index in [2.05, 4.69) is 30.3 Å². The quantitative estimate of drug-likeness (QED) is 0.351. The second-order valence-electron chi connectivity index (χ2n) is 7.29. The van der Waals surface area contributed by atoms with Crippen molar-refractivity contribution in [1.29, 1.82) is 0 Å². The normalized spacial score (nSPS) is 28.0. The van der Waals surface area contributed by atoms with Crippen LogP contribution in [0.15, 0.2) is 54.9 Å². The number of aliphatic hydroxyl groups is 1. The predicted octanol–water partition coefficient (Wildman–Crippen LogP) is 7.69. The van der Waals surface area contributed by atoms with E-state index in [9.17, 15) is 9.50 Å². The Morgan fingerprint density at radius 1 is 1.10 bits per heavy atom. The zero-order valence-electron chi connectivity index (χ0n) is 19.8. The maximum absolute atomic E-state index is 12.3. The molecule has 4 atom stereocenters. The van der Waals surface area contributed by atoms with Crippen LogP contribution >= 0.6 is 10.0 Å².